The van der Waals surface area contributed by atoms with E-state index in [1.807, 2.05) is 0 Å². The Balaban J connectivity index is 2.83. The number of hydrogen-bond donors (Lipinski definition) is 2. The second-order valence-electron chi connectivity index (χ2n) is 5.15. The zero-order valence-corrected chi connectivity index (χ0v) is 12.0. The number of rotatable bonds is 3. The molecule has 0 aliphatic carbocycles. The molecule has 0 aliphatic rings. The van der Waals surface area contributed by atoms with Crippen LogP contribution in [0.3, 0.4) is 0 Å². The van der Waals surface area contributed by atoms with Gasteiger partial charge in [-0.15, -0.1) is 0 Å². The minimum absolute atomic E-state index is 0.183. The number of aliphatic hydroxyl groups is 1. The second kappa shape index (κ2) is 6.01. The zero-order valence-electron chi connectivity index (χ0n) is 12.0. The van der Waals surface area contributed by atoms with Crippen molar-refractivity contribution in [1.82, 2.24) is 0 Å². The third kappa shape index (κ3) is 2.82. The van der Waals surface area contributed by atoms with Crippen LogP contribution in [0.4, 0.5) is 26.3 Å². The number of aliphatic hydroxyl groups excluding tert-OH is 1. The Labute approximate surface area is 133 Å². The topological polar surface area (TPSA) is 40.5 Å². The first-order valence-corrected chi connectivity index (χ1v) is 6.67. The first kappa shape index (κ1) is 18.1. The maximum Gasteiger partial charge on any atom is 0.411 e. The molecule has 0 radical (unpaired) electrons. The summed E-state index contributed by atoms with van der Waals surface area (Å²) in [6, 6.07) is 6.11. The third-order valence-electron chi connectivity index (χ3n) is 3.72. The number of aromatic hydroxyl groups is 1. The summed E-state index contributed by atoms with van der Waals surface area (Å²) < 4.78 is 82.2. The smallest absolute Gasteiger partial charge is 0.411 e. The molecule has 2 N–H and O–H groups in total. The molecule has 2 nitrogen and oxygen atoms in total. The molecule has 130 valence electrons. The van der Waals surface area contributed by atoms with Crippen LogP contribution in [0.1, 0.15) is 16.7 Å². The van der Waals surface area contributed by atoms with E-state index in [1.54, 1.807) is 0 Å². The monoisotopic (exact) mass is 350 g/mol. The van der Waals surface area contributed by atoms with Crippen molar-refractivity contribution in [2.24, 2.45) is 0 Å². The number of alkyl halides is 6. The van der Waals surface area contributed by atoms with Crippen molar-refractivity contribution in [3.05, 3.63) is 65.2 Å². The van der Waals surface area contributed by atoms with Crippen molar-refractivity contribution >= 4 is 0 Å². The summed E-state index contributed by atoms with van der Waals surface area (Å²) in [6.07, 6.45) is -11.4. The molecule has 2 aromatic rings. The van der Waals surface area contributed by atoms with Crippen LogP contribution in [-0.4, -0.2) is 22.6 Å². The van der Waals surface area contributed by atoms with Gasteiger partial charge in [0.1, 0.15) is 5.75 Å². The molecule has 0 aromatic heterocycles. The SMILES string of the molecule is OCc1ccc(C(c2ccc(O)cc2)(C(F)(F)F)C(F)(F)F)cc1. The van der Waals surface area contributed by atoms with E-state index < -0.39 is 41.3 Å². The van der Waals surface area contributed by atoms with Gasteiger partial charge in [0.25, 0.3) is 0 Å². The van der Waals surface area contributed by atoms with E-state index >= 15 is 0 Å². The highest BCUT2D eigenvalue weighted by atomic mass is 19.4. The maximum absolute atomic E-state index is 13.7. The quantitative estimate of drug-likeness (QED) is 0.811. The molecule has 0 spiro atoms. The zero-order chi connectivity index (χ0) is 18.2. The second-order valence-corrected chi connectivity index (χ2v) is 5.15. The molecule has 0 amide bonds. The molecule has 0 saturated carbocycles. The Hall–Kier alpha value is -2.22. The Morgan fingerprint density at radius 1 is 0.667 bits per heavy atom. The van der Waals surface area contributed by atoms with E-state index in [1.165, 1.54) is 0 Å². The fourth-order valence-corrected chi connectivity index (χ4v) is 2.55. The lowest BCUT2D eigenvalue weighted by Gasteiger charge is -2.38. The van der Waals surface area contributed by atoms with Gasteiger partial charge in [-0.2, -0.15) is 26.3 Å². The van der Waals surface area contributed by atoms with Gasteiger partial charge in [0, 0.05) is 0 Å². The van der Waals surface area contributed by atoms with E-state index in [-0.39, 0.29) is 5.56 Å². The van der Waals surface area contributed by atoms with Crippen LogP contribution in [-0.2, 0) is 12.0 Å². The van der Waals surface area contributed by atoms with Crippen molar-refractivity contribution in [2.75, 3.05) is 0 Å². The van der Waals surface area contributed by atoms with Gasteiger partial charge in [0.2, 0.25) is 5.41 Å². The van der Waals surface area contributed by atoms with E-state index in [4.69, 9.17) is 5.11 Å². The number of hydrogen-bond acceptors (Lipinski definition) is 2. The van der Waals surface area contributed by atoms with Crippen molar-refractivity contribution in [2.45, 2.75) is 24.4 Å². The summed E-state index contributed by atoms with van der Waals surface area (Å²) in [5.74, 6) is -0.451. The van der Waals surface area contributed by atoms with Gasteiger partial charge in [-0.25, -0.2) is 0 Å². The van der Waals surface area contributed by atoms with Crippen LogP contribution in [0.15, 0.2) is 48.5 Å². The van der Waals surface area contributed by atoms with Gasteiger partial charge in [-0.3, -0.25) is 0 Å². The minimum atomic E-state index is -5.68. The molecule has 8 heteroatoms. The van der Waals surface area contributed by atoms with E-state index in [0.29, 0.717) is 24.3 Å². The van der Waals surface area contributed by atoms with E-state index in [9.17, 15) is 31.4 Å². The highest BCUT2D eigenvalue weighted by Gasteiger charge is 2.72. The lowest BCUT2D eigenvalue weighted by molar-refractivity contribution is -0.288. The third-order valence-corrected chi connectivity index (χ3v) is 3.72. The lowest BCUT2D eigenvalue weighted by atomic mass is 9.72. The molecule has 0 bridgehead atoms. The van der Waals surface area contributed by atoms with Gasteiger partial charge < -0.3 is 10.2 Å². The van der Waals surface area contributed by atoms with Crippen molar-refractivity contribution < 1.29 is 36.6 Å². The lowest BCUT2D eigenvalue weighted by Crippen LogP contribution is -2.54. The summed E-state index contributed by atoms with van der Waals surface area (Å²) >= 11 is 0. The van der Waals surface area contributed by atoms with Gasteiger partial charge in [-0.05, 0) is 28.8 Å². The number of halogens is 6. The van der Waals surface area contributed by atoms with Gasteiger partial charge >= 0.3 is 12.4 Å². The largest absolute Gasteiger partial charge is 0.508 e. The Morgan fingerprint density at radius 2 is 1.04 bits per heavy atom. The van der Waals surface area contributed by atoms with E-state index in [0.717, 1.165) is 24.3 Å². The summed E-state index contributed by atoms with van der Waals surface area (Å²) in [5.41, 5.74) is -6.15. The van der Waals surface area contributed by atoms with Crippen molar-refractivity contribution in [3.8, 4) is 5.75 Å². The molecule has 0 saturated heterocycles. The molecule has 2 rings (SSSR count). The Morgan fingerprint density at radius 3 is 1.38 bits per heavy atom. The molecule has 0 fully saturated rings. The molecule has 0 aliphatic heterocycles. The fourth-order valence-electron chi connectivity index (χ4n) is 2.55. The first-order chi connectivity index (χ1) is 11.0. The number of benzene rings is 2. The summed E-state index contributed by atoms with van der Waals surface area (Å²) in [7, 11) is 0. The van der Waals surface area contributed by atoms with Gasteiger partial charge in [0.15, 0.2) is 0 Å². The predicted octanol–water partition coefficient (Wildman–Crippen LogP) is 4.30. The first-order valence-electron chi connectivity index (χ1n) is 6.67. The predicted molar refractivity (Wildman–Crippen MR) is 73.4 cm³/mol. The van der Waals surface area contributed by atoms with Crippen LogP contribution >= 0.6 is 0 Å². The molecular weight excluding hydrogens is 338 g/mol. The molecule has 2 aromatic carbocycles. The average Bonchev–Trinajstić information content (AvgIpc) is 2.47. The summed E-state index contributed by atoms with van der Waals surface area (Å²) in [6.45, 7) is -0.509. The molecule has 24 heavy (non-hydrogen) atoms. The Kier molecular flexibility index (Phi) is 4.54. The van der Waals surface area contributed by atoms with Crippen LogP contribution in [0.2, 0.25) is 0 Å². The average molecular weight is 350 g/mol. The molecule has 0 unspecified atom stereocenters. The summed E-state index contributed by atoms with van der Waals surface area (Å²) in [5, 5.41) is 18.1. The fraction of sp³-hybridized carbons (Fsp3) is 0.250. The maximum atomic E-state index is 13.7. The van der Waals surface area contributed by atoms with Crippen molar-refractivity contribution in [3.63, 3.8) is 0 Å². The molecule has 0 atom stereocenters. The Bertz CT molecular complexity index is 672. The highest BCUT2D eigenvalue weighted by molar-refractivity contribution is 5.46. The van der Waals surface area contributed by atoms with Gasteiger partial charge in [0.05, 0.1) is 6.61 Å². The molecule has 0 heterocycles. The normalized spacial score (nSPS) is 13.1. The van der Waals surface area contributed by atoms with E-state index in [2.05, 4.69) is 0 Å². The molecular formula is C16H12F6O2. The number of phenolic OH excluding ortho intramolecular Hbond substituents is 1. The van der Waals surface area contributed by atoms with Crippen LogP contribution < -0.4 is 0 Å². The van der Waals surface area contributed by atoms with Gasteiger partial charge in [-0.1, -0.05) is 36.4 Å². The van der Waals surface area contributed by atoms with Crippen LogP contribution in [0.5, 0.6) is 5.75 Å². The highest BCUT2D eigenvalue weighted by Crippen LogP contribution is 2.56. The standard InChI is InChI=1S/C16H12F6O2/c17-15(18,19)14(16(20,21)22,12-5-7-13(24)8-6-12)11-3-1-10(9-23)2-4-11/h1-8,23-24H,9H2. The summed E-state index contributed by atoms with van der Waals surface area (Å²) in [4.78, 5) is 0. The van der Waals surface area contributed by atoms with Crippen LogP contribution in [0, 0.1) is 0 Å². The number of phenols is 1. The minimum Gasteiger partial charge on any atom is -0.508 e. The van der Waals surface area contributed by atoms with Crippen LogP contribution in [0.25, 0.3) is 0 Å². The van der Waals surface area contributed by atoms with Crippen molar-refractivity contribution in [1.29, 1.82) is 0 Å².